The summed E-state index contributed by atoms with van der Waals surface area (Å²) >= 11 is 12.2. The van der Waals surface area contributed by atoms with Crippen LogP contribution < -0.4 is 15.4 Å². The van der Waals surface area contributed by atoms with E-state index in [1.807, 2.05) is 0 Å². The van der Waals surface area contributed by atoms with Gasteiger partial charge in [-0.1, -0.05) is 23.2 Å². The van der Waals surface area contributed by atoms with Gasteiger partial charge >= 0.3 is 12.1 Å². The van der Waals surface area contributed by atoms with Crippen molar-refractivity contribution < 1.29 is 32.6 Å². The highest BCUT2D eigenvalue weighted by Crippen LogP contribution is 2.36. The van der Waals surface area contributed by atoms with Crippen molar-refractivity contribution in [2.75, 3.05) is 18.4 Å². The number of ether oxygens (including phenoxy) is 1. The Morgan fingerprint density at radius 1 is 1.10 bits per heavy atom. The Balaban J connectivity index is 2.22. The monoisotopic (exact) mass is 464 g/mol. The Labute approximate surface area is 179 Å². The van der Waals surface area contributed by atoms with Crippen molar-refractivity contribution in [2.45, 2.75) is 19.7 Å². The van der Waals surface area contributed by atoms with Crippen LogP contribution >= 0.6 is 23.2 Å². The summed E-state index contributed by atoms with van der Waals surface area (Å²) in [5.41, 5.74) is -0.306. The van der Waals surface area contributed by atoms with E-state index in [1.54, 1.807) is 6.92 Å². The quantitative estimate of drug-likeness (QED) is 0.520. The Bertz CT molecular complexity index is 929. The Morgan fingerprint density at radius 3 is 2.27 bits per heavy atom. The summed E-state index contributed by atoms with van der Waals surface area (Å²) in [7, 11) is 0. The SMILES string of the molecule is CCNc1cc(COc2c(Cl)cc(C(=O)NCC(=O)O)cc2Cl)cc(C(F)(F)F)c1. The summed E-state index contributed by atoms with van der Waals surface area (Å²) in [6, 6.07) is 5.90. The molecule has 2 aromatic rings. The summed E-state index contributed by atoms with van der Waals surface area (Å²) < 4.78 is 44.9. The van der Waals surface area contributed by atoms with E-state index in [2.05, 4.69) is 10.6 Å². The predicted octanol–water partition coefficient (Wildman–Crippen LogP) is 4.84. The number of carbonyl (C=O) groups is 2. The number of benzene rings is 2. The molecular weight excluding hydrogens is 448 g/mol. The van der Waals surface area contributed by atoms with Crippen LogP contribution in [0.4, 0.5) is 18.9 Å². The molecule has 0 saturated carbocycles. The van der Waals surface area contributed by atoms with Crippen molar-refractivity contribution in [1.82, 2.24) is 5.32 Å². The van der Waals surface area contributed by atoms with Gasteiger partial charge in [0.05, 0.1) is 15.6 Å². The smallest absolute Gasteiger partial charge is 0.416 e. The van der Waals surface area contributed by atoms with E-state index in [9.17, 15) is 22.8 Å². The molecular formula is C19H17Cl2F3N2O4. The second-order valence-electron chi connectivity index (χ2n) is 6.08. The fraction of sp³-hybridized carbons (Fsp3) is 0.263. The first kappa shape index (κ1) is 23.6. The van der Waals surface area contributed by atoms with Gasteiger partial charge in [-0.2, -0.15) is 13.2 Å². The lowest BCUT2D eigenvalue weighted by Crippen LogP contribution is -2.29. The van der Waals surface area contributed by atoms with E-state index in [0.29, 0.717) is 6.54 Å². The van der Waals surface area contributed by atoms with E-state index >= 15 is 0 Å². The molecule has 0 saturated heterocycles. The molecule has 2 aromatic carbocycles. The lowest BCUT2D eigenvalue weighted by Gasteiger charge is -2.15. The molecule has 2 rings (SSSR count). The number of carbonyl (C=O) groups excluding carboxylic acids is 1. The summed E-state index contributed by atoms with van der Waals surface area (Å²) in [6.45, 7) is 1.34. The third-order valence-corrected chi connectivity index (χ3v) is 4.31. The molecule has 0 unspecified atom stereocenters. The first-order valence-corrected chi connectivity index (χ1v) is 9.33. The number of nitrogens with one attached hydrogen (secondary N) is 2. The van der Waals surface area contributed by atoms with Crippen LogP contribution in [0.2, 0.25) is 10.0 Å². The molecule has 162 valence electrons. The number of aliphatic carboxylic acids is 1. The molecule has 0 aliphatic rings. The van der Waals surface area contributed by atoms with Crippen molar-refractivity contribution in [1.29, 1.82) is 0 Å². The van der Waals surface area contributed by atoms with Gasteiger partial charge in [0.25, 0.3) is 5.91 Å². The highest BCUT2D eigenvalue weighted by atomic mass is 35.5. The Hall–Kier alpha value is -2.65. The van der Waals surface area contributed by atoms with Gasteiger partial charge in [-0.05, 0) is 42.8 Å². The molecule has 0 atom stereocenters. The van der Waals surface area contributed by atoms with Gasteiger partial charge in [0, 0.05) is 17.8 Å². The fourth-order valence-corrected chi connectivity index (χ4v) is 3.08. The van der Waals surface area contributed by atoms with Crippen molar-refractivity contribution in [2.24, 2.45) is 0 Å². The molecule has 0 heterocycles. The molecule has 30 heavy (non-hydrogen) atoms. The lowest BCUT2D eigenvalue weighted by molar-refractivity contribution is -0.138. The first-order valence-electron chi connectivity index (χ1n) is 8.58. The van der Waals surface area contributed by atoms with Crippen LogP contribution in [0.25, 0.3) is 0 Å². The Kier molecular flexibility index (Phi) is 7.80. The van der Waals surface area contributed by atoms with Gasteiger partial charge in [-0.25, -0.2) is 0 Å². The van der Waals surface area contributed by atoms with E-state index < -0.39 is 30.2 Å². The molecule has 0 aromatic heterocycles. The van der Waals surface area contributed by atoms with E-state index in [-0.39, 0.29) is 39.2 Å². The number of amides is 1. The average molecular weight is 465 g/mol. The number of carboxylic acid groups (broad SMARTS) is 1. The first-order chi connectivity index (χ1) is 14.0. The van der Waals surface area contributed by atoms with Gasteiger partial charge in [-0.3, -0.25) is 9.59 Å². The summed E-state index contributed by atoms with van der Waals surface area (Å²) in [5, 5.41) is 13.5. The van der Waals surface area contributed by atoms with Crippen LogP contribution in [-0.4, -0.2) is 30.1 Å². The zero-order valence-corrected chi connectivity index (χ0v) is 17.1. The Morgan fingerprint density at radius 2 is 1.73 bits per heavy atom. The van der Waals surface area contributed by atoms with Gasteiger partial charge < -0.3 is 20.5 Å². The number of alkyl halides is 3. The molecule has 0 spiro atoms. The molecule has 0 aliphatic heterocycles. The third kappa shape index (κ3) is 6.43. The number of carboxylic acids is 1. The van der Waals surface area contributed by atoms with E-state index in [1.165, 1.54) is 18.2 Å². The average Bonchev–Trinajstić information content (AvgIpc) is 2.64. The van der Waals surface area contributed by atoms with Gasteiger partial charge in [0.15, 0.2) is 5.75 Å². The molecule has 0 fully saturated rings. The van der Waals surface area contributed by atoms with Crippen LogP contribution in [0.15, 0.2) is 30.3 Å². The maximum Gasteiger partial charge on any atom is 0.416 e. The highest BCUT2D eigenvalue weighted by Gasteiger charge is 2.31. The molecule has 0 bridgehead atoms. The molecule has 0 aliphatic carbocycles. The van der Waals surface area contributed by atoms with Crippen LogP contribution in [0.3, 0.4) is 0 Å². The summed E-state index contributed by atoms with van der Waals surface area (Å²) in [4.78, 5) is 22.5. The van der Waals surface area contributed by atoms with Crippen LogP contribution in [0.5, 0.6) is 5.75 Å². The number of hydrogen-bond acceptors (Lipinski definition) is 4. The number of rotatable bonds is 8. The lowest BCUT2D eigenvalue weighted by atomic mass is 10.1. The zero-order valence-electron chi connectivity index (χ0n) is 15.6. The summed E-state index contributed by atoms with van der Waals surface area (Å²) in [6.07, 6.45) is -4.53. The molecule has 3 N–H and O–H groups in total. The zero-order chi connectivity index (χ0) is 22.5. The van der Waals surface area contributed by atoms with Crippen molar-refractivity contribution in [3.8, 4) is 5.75 Å². The number of anilines is 1. The number of hydrogen-bond donors (Lipinski definition) is 3. The maximum absolute atomic E-state index is 13.1. The van der Waals surface area contributed by atoms with Crippen LogP contribution in [-0.2, 0) is 17.6 Å². The fourth-order valence-electron chi connectivity index (χ4n) is 2.49. The molecule has 1 amide bonds. The summed E-state index contributed by atoms with van der Waals surface area (Å²) in [5.74, 6) is -1.95. The standard InChI is InChI=1S/C19H17Cl2F3N2O4/c1-2-25-13-4-10(3-12(7-13)19(22,23)24)9-30-17-14(20)5-11(6-15(17)21)18(29)26-8-16(27)28/h3-7,25H,2,8-9H2,1H3,(H,26,29)(H,27,28). The second kappa shape index (κ2) is 9.90. The second-order valence-corrected chi connectivity index (χ2v) is 6.90. The third-order valence-electron chi connectivity index (χ3n) is 3.74. The van der Waals surface area contributed by atoms with Crippen LogP contribution in [0, 0.1) is 0 Å². The normalized spacial score (nSPS) is 11.1. The predicted molar refractivity (Wildman–Crippen MR) is 106 cm³/mol. The minimum Gasteiger partial charge on any atom is -0.486 e. The minimum absolute atomic E-state index is 0.00657. The van der Waals surface area contributed by atoms with Crippen LogP contribution in [0.1, 0.15) is 28.4 Å². The van der Waals surface area contributed by atoms with E-state index in [0.717, 1.165) is 12.1 Å². The van der Waals surface area contributed by atoms with E-state index in [4.69, 9.17) is 33.0 Å². The highest BCUT2D eigenvalue weighted by molar-refractivity contribution is 6.37. The topological polar surface area (TPSA) is 87.7 Å². The van der Waals surface area contributed by atoms with Crippen molar-refractivity contribution >= 4 is 40.8 Å². The molecule has 11 heteroatoms. The number of halogens is 5. The largest absolute Gasteiger partial charge is 0.486 e. The van der Waals surface area contributed by atoms with Gasteiger partial charge in [-0.15, -0.1) is 0 Å². The van der Waals surface area contributed by atoms with Crippen molar-refractivity contribution in [3.63, 3.8) is 0 Å². The maximum atomic E-state index is 13.1. The molecule has 0 radical (unpaired) electrons. The minimum atomic E-state index is -4.53. The van der Waals surface area contributed by atoms with Crippen molar-refractivity contribution in [3.05, 3.63) is 57.1 Å². The molecule has 6 nitrogen and oxygen atoms in total. The van der Waals surface area contributed by atoms with Gasteiger partial charge in [0.1, 0.15) is 13.2 Å². The van der Waals surface area contributed by atoms with Gasteiger partial charge in [0.2, 0.25) is 0 Å².